The second-order valence-electron chi connectivity index (χ2n) is 3.74. The number of hydrogen-bond donors (Lipinski definition) is 2. The fourth-order valence-corrected chi connectivity index (χ4v) is 3.92. The van der Waals surface area contributed by atoms with E-state index in [0.717, 1.165) is 5.56 Å². The highest BCUT2D eigenvalue weighted by Crippen LogP contribution is 2.33. The monoisotopic (exact) mass is 385 g/mol. The Balaban J connectivity index is 3.13. The van der Waals surface area contributed by atoms with Gasteiger partial charge in [0.2, 0.25) is 10.0 Å². The Labute approximate surface area is 118 Å². The third-order valence-corrected chi connectivity index (χ3v) is 5.17. The molecule has 0 saturated heterocycles. The van der Waals surface area contributed by atoms with Crippen molar-refractivity contribution in [1.82, 2.24) is 0 Å². The van der Waals surface area contributed by atoms with E-state index in [1.54, 1.807) is 0 Å². The van der Waals surface area contributed by atoms with E-state index in [9.17, 15) is 8.42 Å². The smallest absolute Gasteiger partial charge is 0.237 e. The number of rotatable bonds is 4. The molecule has 0 aromatic heterocycles. The number of halogens is 2. The molecule has 17 heavy (non-hydrogen) atoms. The minimum atomic E-state index is -3.58. The number of aliphatic hydroxyl groups is 1. The molecule has 1 rings (SSSR count). The van der Waals surface area contributed by atoms with Crippen molar-refractivity contribution in [2.75, 3.05) is 11.3 Å². The summed E-state index contributed by atoms with van der Waals surface area (Å²) in [4.78, 5) is 0. The predicted octanol–water partition coefficient (Wildman–Crippen LogP) is 2.64. The van der Waals surface area contributed by atoms with Crippen molar-refractivity contribution in [3.8, 4) is 0 Å². The van der Waals surface area contributed by atoms with Gasteiger partial charge in [-0.1, -0.05) is 0 Å². The highest BCUT2D eigenvalue weighted by atomic mass is 79.9. The highest BCUT2D eigenvalue weighted by Gasteiger charge is 2.21. The van der Waals surface area contributed by atoms with Crippen molar-refractivity contribution in [1.29, 1.82) is 0 Å². The van der Waals surface area contributed by atoms with Crippen molar-refractivity contribution in [2.24, 2.45) is 0 Å². The number of aliphatic hydroxyl groups excluding tert-OH is 1. The van der Waals surface area contributed by atoms with Crippen molar-refractivity contribution < 1.29 is 13.5 Å². The Kier molecular flexibility index (Phi) is 5.00. The fraction of sp³-hybridized carbons (Fsp3) is 0.400. The summed E-state index contributed by atoms with van der Waals surface area (Å²) in [5.74, 6) is 0. The molecule has 0 amide bonds. The Morgan fingerprint density at radius 3 is 2.24 bits per heavy atom. The topological polar surface area (TPSA) is 66.4 Å². The van der Waals surface area contributed by atoms with E-state index in [4.69, 9.17) is 5.11 Å². The molecule has 0 saturated carbocycles. The van der Waals surface area contributed by atoms with Crippen LogP contribution in [0.4, 0.5) is 5.69 Å². The van der Waals surface area contributed by atoms with Gasteiger partial charge < -0.3 is 5.11 Å². The molecule has 1 aromatic rings. The SMILES string of the molecule is Cc1cc(Br)c(NS(=O)(=O)C(C)CO)c(Br)c1. The third kappa shape index (κ3) is 3.67. The summed E-state index contributed by atoms with van der Waals surface area (Å²) in [6.45, 7) is 2.93. The van der Waals surface area contributed by atoms with Crippen molar-refractivity contribution in [2.45, 2.75) is 19.1 Å². The van der Waals surface area contributed by atoms with Crippen molar-refractivity contribution in [3.05, 3.63) is 26.6 Å². The van der Waals surface area contributed by atoms with Gasteiger partial charge in [-0.25, -0.2) is 8.42 Å². The van der Waals surface area contributed by atoms with Crippen LogP contribution in [0.25, 0.3) is 0 Å². The zero-order chi connectivity index (χ0) is 13.2. The lowest BCUT2D eigenvalue weighted by Gasteiger charge is -2.15. The van der Waals surface area contributed by atoms with Crippen LogP contribution in [0.3, 0.4) is 0 Å². The quantitative estimate of drug-likeness (QED) is 0.835. The van der Waals surface area contributed by atoms with E-state index in [1.165, 1.54) is 6.92 Å². The molecule has 96 valence electrons. The van der Waals surface area contributed by atoms with Gasteiger partial charge in [-0.05, 0) is 63.4 Å². The van der Waals surface area contributed by atoms with Crippen LogP contribution < -0.4 is 4.72 Å². The highest BCUT2D eigenvalue weighted by molar-refractivity contribution is 9.11. The lowest BCUT2D eigenvalue weighted by molar-refractivity contribution is 0.296. The molecule has 2 N–H and O–H groups in total. The second-order valence-corrected chi connectivity index (χ2v) is 7.55. The van der Waals surface area contributed by atoms with Crippen molar-refractivity contribution >= 4 is 47.6 Å². The van der Waals surface area contributed by atoms with Crippen LogP contribution in [0.2, 0.25) is 0 Å². The first-order valence-electron chi connectivity index (χ1n) is 4.86. The van der Waals surface area contributed by atoms with E-state index < -0.39 is 21.9 Å². The summed E-state index contributed by atoms with van der Waals surface area (Å²) in [6.07, 6.45) is 0. The molecule has 1 unspecified atom stereocenters. The molecule has 0 fully saturated rings. The Morgan fingerprint density at radius 1 is 1.35 bits per heavy atom. The third-order valence-electron chi connectivity index (χ3n) is 2.22. The summed E-state index contributed by atoms with van der Waals surface area (Å²) in [6, 6.07) is 3.62. The zero-order valence-electron chi connectivity index (χ0n) is 9.37. The normalized spacial score (nSPS) is 13.5. The minimum absolute atomic E-state index is 0.420. The van der Waals surface area contributed by atoms with Crippen molar-refractivity contribution in [3.63, 3.8) is 0 Å². The van der Waals surface area contributed by atoms with Gasteiger partial charge >= 0.3 is 0 Å². The first-order valence-corrected chi connectivity index (χ1v) is 7.99. The van der Waals surface area contributed by atoms with Gasteiger partial charge in [0.25, 0.3) is 0 Å². The number of sulfonamides is 1. The maximum atomic E-state index is 11.8. The first-order chi connectivity index (χ1) is 7.77. The largest absolute Gasteiger partial charge is 0.395 e. The number of benzene rings is 1. The van der Waals surface area contributed by atoms with Gasteiger partial charge in [0.1, 0.15) is 5.25 Å². The molecule has 1 aromatic carbocycles. The fourth-order valence-electron chi connectivity index (χ4n) is 1.14. The maximum Gasteiger partial charge on any atom is 0.237 e. The molecule has 0 spiro atoms. The molecule has 1 atom stereocenters. The molecule has 7 heteroatoms. The molecular weight excluding hydrogens is 374 g/mol. The summed E-state index contributed by atoms with van der Waals surface area (Å²) in [7, 11) is -3.58. The van der Waals surface area contributed by atoms with Gasteiger partial charge in [-0.15, -0.1) is 0 Å². The Hall–Kier alpha value is -0.110. The maximum absolute atomic E-state index is 11.8. The van der Waals surface area contributed by atoms with E-state index in [2.05, 4.69) is 36.6 Å². The van der Waals surface area contributed by atoms with E-state index in [0.29, 0.717) is 14.6 Å². The van der Waals surface area contributed by atoms with Crippen LogP contribution >= 0.6 is 31.9 Å². The molecular formula is C10H13Br2NO3S. The lowest BCUT2D eigenvalue weighted by Crippen LogP contribution is -2.28. The van der Waals surface area contributed by atoms with Gasteiger partial charge in [-0.3, -0.25) is 4.72 Å². The number of aryl methyl sites for hydroxylation is 1. The van der Waals surface area contributed by atoms with Crippen LogP contribution in [0.5, 0.6) is 0 Å². The second kappa shape index (κ2) is 5.69. The number of anilines is 1. The van der Waals surface area contributed by atoms with E-state index in [-0.39, 0.29) is 0 Å². The molecule has 0 heterocycles. The average molecular weight is 387 g/mol. The number of hydrogen-bond acceptors (Lipinski definition) is 3. The molecule has 0 bridgehead atoms. The average Bonchev–Trinajstić information content (AvgIpc) is 2.22. The standard InChI is InChI=1S/C10H13Br2NO3S/c1-6-3-8(11)10(9(12)4-6)13-17(15,16)7(2)5-14/h3-4,7,13-14H,5H2,1-2H3. The predicted molar refractivity (Wildman–Crippen MR) is 75.7 cm³/mol. The van der Waals surface area contributed by atoms with Crippen LogP contribution in [0.1, 0.15) is 12.5 Å². The summed E-state index contributed by atoms with van der Waals surface area (Å²) in [5, 5.41) is 8.03. The molecule has 0 aliphatic rings. The van der Waals surface area contributed by atoms with Gasteiger partial charge in [-0.2, -0.15) is 0 Å². The Bertz CT molecular complexity index is 493. The van der Waals surface area contributed by atoms with E-state index in [1.807, 2.05) is 19.1 Å². The van der Waals surface area contributed by atoms with Gasteiger partial charge in [0.15, 0.2) is 0 Å². The first kappa shape index (κ1) is 14.9. The lowest BCUT2D eigenvalue weighted by atomic mass is 10.2. The van der Waals surface area contributed by atoms with Crippen LogP contribution in [-0.4, -0.2) is 25.4 Å². The van der Waals surface area contributed by atoms with Crippen LogP contribution in [0, 0.1) is 6.92 Å². The molecule has 0 aliphatic heterocycles. The van der Waals surface area contributed by atoms with Crippen LogP contribution in [0.15, 0.2) is 21.1 Å². The molecule has 0 aliphatic carbocycles. The van der Waals surface area contributed by atoms with Crippen LogP contribution in [-0.2, 0) is 10.0 Å². The van der Waals surface area contributed by atoms with Gasteiger partial charge in [0.05, 0.1) is 12.3 Å². The van der Waals surface area contributed by atoms with Gasteiger partial charge in [0, 0.05) is 8.95 Å². The Morgan fingerprint density at radius 2 is 1.82 bits per heavy atom. The zero-order valence-corrected chi connectivity index (χ0v) is 13.4. The number of nitrogens with one attached hydrogen (secondary N) is 1. The van der Waals surface area contributed by atoms with E-state index >= 15 is 0 Å². The minimum Gasteiger partial charge on any atom is -0.395 e. The molecule has 0 radical (unpaired) electrons. The summed E-state index contributed by atoms with van der Waals surface area (Å²) < 4.78 is 27.4. The summed E-state index contributed by atoms with van der Waals surface area (Å²) >= 11 is 6.60. The summed E-state index contributed by atoms with van der Waals surface area (Å²) in [5.41, 5.74) is 1.44. The molecule has 4 nitrogen and oxygen atoms in total.